The van der Waals surface area contributed by atoms with Crippen LogP contribution in [0.1, 0.15) is 61.2 Å². The number of fused-ring (bicyclic) bond motifs is 1. The molecule has 2 radical (unpaired) electrons. The van der Waals surface area contributed by atoms with Gasteiger partial charge in [-0.3, -0.25) is 0 Å². The van der Waals surface area contributed by atoms with Crippen LogP contribution >= 0.6 is 0 Å². The lowest BCUT2D eigenvalue weighted by atomic mass is 9.82. The number of hydrogen-bond acceptors (Lipinski definition) is 2. The monoisotopic (exact) mass is 263 g/mol. The molecule has 0 N–H and O–H groups in total. The van der Waals surface area contributed by atoms with Gasteiger partial charge in [0.25, 0.3) is 0 Å². The van der Waals surface area contributed by atoms with Gasteiger partial charge in [-0.25, -0.2) is 9.67 Å². The van der Waals surface area contributed by atoms with Gasteiger partial charge in [0.15, 0.2) is 0 Å². The molecule has 0 saturated heterocycles. The van der Waals surface area contributed by atoms with E-state index < -0.39 is 0 Å². The molecule has 0 bridgehead atoms. The van der Waals surface area contributed by atoms with Gasteiger partial charge >= 0.3 is 0 Å². The standard InChI is InChI=1S/C16H18BN3/c1-10-9-13(11-5-3-2-4-6-11)20-16(10)18-15(19-20)14(17)12-7-8-12/h2-6,10,12-14H,7-9H2,1H3. The van der Waals surface area contributed by atoms with Gasteiger partial charge in [0.2, 0.25) is 0 Å². The summed E-state index contributed by atoms with van der Waals surface area (Å²) in [6, 6.07) is 10.9. The van der Waals surface area contributed by atoms with E-state index in [2.05, 4.69) is 41.9 Å². The Bertz CT molecular complexity index is 618. The minimum Gasteiger partial charge on any atom is -0.242 e. The molecule has 1 aliphatic carbocycles. The van der Waals surface area contributed by atoms with Crippen molar-refractivity contribution in [1.82, 2.24) is 14.8 Å². The second kappa shape index (κ2) is 4.47. The highest BCUT2D eigenvalue weighted by molar-refractivity contribution is 6.12. The molecule has 0 spiro atoms. The van der Waals surface area contributed by atoms with E-state index >= 15 is 0 Å². The maximum absolute atomic E-state index is 6.25. The van der Waals surface area contributed by atoms with E-state index in [1.807, 2.05) is 0 Å². The third kappa shape index (κ3) is 1.89. The summed E-state index contributed by atoms with van der Waals surface area (Å²) in [7, 11) is 6.25. The first-order valence-corrected chi connectivity index (χ1v) is 7.51. The van der Waals surface area contributed by atoms with Crippen LogP contribution in [0.4, 0.5) is 0 Å². The number of nitrogens with zero attached hydrogens (tertiary/aromatic N) is 3. The Morgan fingerprint density at radius 2 is 2.00 bits per heavy atom. The molecule has 1 aliphatic heterocycles. The molecule has 4 rings (SSSR count). The topological polar surface area (TPSA) is 30.7 Å². The number of benzene rings is 1. The normalized spacial score (nSPS) is 26.4. The van der Waals surface area contributed by atoms with Crippen LogP contribution in [0.25, 0.3) is 0 Å². The fraction of sp³-hybridized carbons (Fsp3) is 0.500. The van der Waals surface area contributed by atoms with E-state index in [1.54, 1.807) is 0 Å². The Morgan fingerprint density at radius 1 is 1.25 bits per heavy atom. The lowest BCUT2D eigenvalue weighted by molar-refractivity contribution is 0.532. The van der Waals surface area contributed by atoms with Crippen LogP contribution in [-0.2, 0) is 0 Å². The molecule has 3 nitrogen and oxygen atoms in total. The van der Waals surface area contributed by atoms with Crippen LogP contribution in [0.3, 0.4) is 0 Å². The average molecular weight is 263 g/mol. The van der Waals surface area contributed by atoms with E-state index in [1.165, 1.54) is 18.4 Å². The van der Waals surface area contributed by atoms with E-state index in [0.717, 1.165) is 18.1 Å². The van der Waals surface area contributed by atoms with Crippen molar-refractivity contribution < 1.29 is 0 Å². The third-order valence-corrected chi connectivity index (χ3v) is 4.60. The summed E-state index contributed by atoms with van der Waals surface area (Å²) in [5, 5.41) is 4.74. The van der Waals surface area contributed by atoms with Gasteiger partial charge in [-0.2, -0.15) is 5.10 Å². The fourth-order valence-corrected chi connectivity index (χ4v) is 3.22. The molecule has 3 atom stereocenters. The van der Waals surface area contributed by atoms with Crippen LogP contribution < -0.4 is 0 Å². The first-order chi connectivity index (χ1) is 9.74. The molecule has 1 fully saturated rings. The molecule has 20 heavy (non-hydrogen) atoms. The molecule has 3 unspecified atom stereocenters. The highest BCUT2D eigenvalue weighted by Crippen LogP contribution is 2.42. The molecule has 2 aliphatic rings. The zero-order chi connectivity index (χ0) is 13.7. The van der Waals surface area contributed by atoms with Gasteiger partial charge in [0.1, 0.15) is 11.6 Å². The maximum atomic E-state index is 6.25. The SMILES string of the molecule is [B]C(c1nc2n(n1)C(c1ccccc1)CC2C)C1CC1. The van der Waals surface area contributed by atoms with Crippen molar-refractivity contribution in [2.75, 3.05) is 0 Å². The van der Waals surface area contributed by atoms with Crippen molar-refractivity contribution in [2.45, 2.75) is 44.0 Å². The molecule has 1 aromatic carbocycles. The fourth-order valence-electron chi connectivity index (χ4n) is 3.22. The summed E-state index contributed by atoms with van der Waals surface area (Å²) in [6.45, 7) is 2.23. The minimum absolute atomic E-state index is 0.0247. The minimum atomic E-state index is 0.0247. The van der Waals surface area contributed by atoms with Crippen LogP contribution in [0.15, 0.2) is 30.3 Å². The molecule has 0 amide bonds. The molecule has 2 aromatic rings. The van der Waals surface area contributed by atoms with Crippen molar-refractivity contribution >= 4 is 7.85 Å². The Hall–Kier alpha value is -1.58. The van der Waals surface area contributed by atoms with Gasteiger partial charge in [-0.15, -0.1) is 0 Å². The molecule has 100 valence electrons. The average Bonchev–Trinajstić information content (AvgIpc) is 3.15. The number of aromatic nitrogens is 3. The van der Waals surface area contributed by atoms with Crippen molar-refractivity contribution in [3.05, 3.63) is 47.5 Å². The summed E-state index contributed by atoms with van der Waals surface area (Å²) in [5.41, 5.74) is 1.31. The van der Waals surface area contributed by atoms with E-state index in [9.17, 15) is 0 Å². The van der Waals surface area contributed by atoms with E-state index in [-0.39, 0.29) is 5.82 Å². The molecule has 4 heteroatoms. The molecule has 1 saturated carbocycles. The third-order valence-electron chi connectivity index (χ3n) is 4.60. The molecular weight excluding hydrogens is 245 g/mol. The predicted molar refractivity (Wildman–Crippen MR) is 78.9 cm³/mol. The van der Waals surface area contributed by atoms with Crippen LogP contribution in [0, 0.1) is 5.92 Å². The summed E-state index contributed by atoms with van der Waals surface area (Å²) >= 11 is 0. The predicted octanol–water partition coefficient (Wildman–Crippen LogP) is 2.99. The second-order valence-corrected chi connectivity index (χ2v) is 6.20. The zero-order valence-corrected chi connectivity index (χ0v) is 11.7. The Balaban J connectivity index is 1.71. The van der Waals surface area contributed by atoms with Crippen LogP contribution in [0.2, 0.25) is 0 Å². The largest absolute Gasteiger partial charge is 0.242 e. The van der Waals surface area contributed by atoms with Crippen molar-refractivity contribution in [2.24, 2.45) is 5.92 Å². The molecule has 1 aromatic heterocycles. The van der Waals surface area contributed by atoms with Gasteiger partial charge in [0, 0.05) is 5.92 Å². The molecular formula is C16H18BN3. The second-order valence-electron chi connectivity index (χ2n) is 6.20. The van der Waals surface area contributed by atoms with E-state index in [4.69, 9.17) is 17.9 Å². The van der Waals surface area contributed by atoms with Crippen molar-refractivity contribution in [3.63, 3.8) is 0 Å². The zero-order valence-electron chi connectivity index (χ0n) is 11.7. The Kier molecular flexibility index (Phi) is 2.72. The Morgan fingerprint density at radius 3 is 2.70 bits per heavy atom. The number of hydrogen-bond donors (Lipinski definition) is 0. The quantitative estimate of drug-likeness (QED) is 0.797. The highest BCUT2D eigenvalue weighted by atomic mass is 15.4. The van der Waals surface area contributed by atoms with Crippen LogP contribution in [-0.4, -0.2) is 22.6 Å². The number of rotatable bonds is 3. The lowest BCUT2D eigenvalue weighted by Crippen LogP contribution is -2.10. The van der Waals surface area contributed by atoms with Crippen molar-refractivity contribution in [1.29, 1.82) is 0 Å². The van der Waals surface area contributed by atoms with Gasteiger partial charge in [-0.1, -0.05) is 50.1 Å². The van der Waals surface area contributed by atoms with Crippen molar-refractivity contribution in [3.8, 4) is 0 Å². The van der Waals surface area contributed by atoms with Gasteiger partial charge in [-0.05, 0) is 23.7 Å². The smallest absolute Gasteiger partial charge is 0.145 e. The Labute approximate surface area is 120 Å². The summed E-state index contributed by atoms with van der Waals surface area (Å²) in [5.74, 6) is 3.02. The van der Waals surface area contributed by atoms with Gasteiger partial charge < -0.3 is 0 Å². The summed E-state index contributed by atoms with van der Waals surface area (Å²) in [4.78, 5) is 4.74. The van der Waals surface area contributed by atoms with Crippen LogP contribution in [0.5, 0.6) is 0 Å². The van der Waals surface area contributed by atoms with E-state index in [0.29, 0.717) is 17.9 Å². The first-order valence-electron chi connectivity index (χ1n) is 7.51. The maximum Gasteiger partial charge on any atom is 0.145 e. The summed E-state index contributed by atoms with van der Waals surface area (Å²) in [6.07, 6.45) is 3.53. The highest BCUT2D eigenvalue weighted by Gasteiger charge is 2.36. The lowest BCUT2D eigenvalue weighted by Gasteiger charge is -2.12. The first kappa shape index (κ1) is 12.2. The summed E-state index contributed by atoms with van der Waals surface area (Å²) < 4.78 is 2.11. The molecule has 2 heterocycles. The van der Waals surface area contributed by atoms with Gasteiger partial charge in [0.05, 0.1) is 13.9 Å².